The van der Waals surface area contributed by atoms with Crippen LogP contribution in [0.25, 0.3) is 0 Å². The third-order valence-electron chi connectivity index (χ3n) is 2.65. The number of hydrogen-bond acceptors (Lipinski definition) is 0. The molecule has 0 nitrogen and oxygen atoms in total. The fourth-order valence-electron chi connectivity index (χ4n) is 1.80. The molecule has 0 saturated heterocycles. The van der Waals surface area contributed by atoms with Crippen LogP contribution in [0.15, 0.2) is 36.0 Å². The van der Waals surface area contributed by atoms with Gasteiger partial charge in [-0.1, -0.05) is 56.2 Å². The highest BCUT2D eigenvalue weighted by atomic mass is 14.1. The summed E-state index contributed by atoms with van der Waals surface area (Å²) < 4.78 is 0. The molecule has 0 heteroatoms. The maximum Gasteiger partial charge on any atom is -0.0161 e. The first-order chi connectivity index (χ1) is 6.86. The minimum atomic E-state index is 0.749. The molecule has 1 aliphatic carbocycles. The van der Waals surface area contributed by atoms with Crippen LogP contribution in [0, 0.1) is 5.92 Å². The minimum Gasteiger partial charge on any atom is -0.0888 e. The van der Waals surface area contributed by atoms with Crippen LogP contribution in [-0.2, 0) is 0 Å². The molecule has 0 fully saturated rings. The van der Waals surface area contributed by atoms with E-state index in [0.717, 1.165) is 12.3 Å². The molecule has 0 saturated carbocycles. The second kappa shape index (κ2) is 6.64. The highest BCUT2D eigenvalue weighted by Gasteiger charge is 2.05. The van der Waals surface area contributed by atoms with E-state index in [4.69, 9.17) is 0 Å². The number of allylic oxidation sites excluding steroid dienone is 6. The zero-order valence-electron chi connectivity index (χ0n) is 9.50. The van der Waals surface area contributed by atoms with Crippen LogP contribution in [0.1, 0.15) is 46.0 Å². The van der Waals surface area contributed by atoms with E-state index in [9.17, 15) is 0 Å². The lowest BCUT2D eigenvalue weighted by molar-refractivity contribution is 0.659. The molecule has 0 spiro atoms. The van der Waals surface area contributed by atoms with Crippen LogP contribution in [0.4, 0.5) is 0 Å². The Bertz CT molecular complexity index is 230. The normalized spacial score (nSPS) is 21.6. The Morgan fingerprint density at radius 3 is 2.79 bits per heavy atom. The predicted molar refractivity (Wildman–Crippen MR) is 64.3 cm³/mol. The molecular weight excluding hydrogens is 168 g/mol. The first-order valence-electron chi connectivity index (χ1n) is 5.89. The standard InChI is InChI=1S/C14H22/c1-3-5-6-8-14-11-9-13(7-4-2)10-12-14/h5-6,9-11,14H,3-4,7-8,12H2,1-2H3. The van der Waals surface area contributed by atoms with Crippen molar-refractivity contribution in [3.63, 3.8) is 0 Å². The van der Waals surface area contributed by atoms with Gasteiger partial charge in [0.1, 0.15) is 0 Å². The minimum absolute atomic E-state index is 0.749. The molecule has 0 N–H and O–H groups in total. The summed E-state index contributed by atoms with van der Waals surface area (Å²) in [7, 11) is 0. The van der Waals surface area contributed by atoms with Gasteiger partial charge in [-0.05, 0) is 31.6 Å². The Labute approximate surface area is 88.4 Å². The molecule has 1 aliphatic rings. The van der Waals surface area contributed by atoms with Crippen molar-refractivity contribution in [1.82, 2.24) is 0 Å². The average molecular weight is 190 g/mol. The zero-order chi connectivity index (χ0) is 10.2. The molecule has 0 aromatic carbocycles. The van der Waals surface area contributed by atoms with Crippen molar-refractivity contribution in [3.05, 3.63) is 36.0 Å². The number of rotatable bonds is 5. The SMILES string of the molecule is CCC=CCC1C=CC(CCC)=CC1. The first kappa shape index (κ1) is 11.3. The quantitative estimate of drug-likeness (QED) is 0.554. The van der Waals surface area contributed by atoms with Crippen molar-refractivity contribution in [2.45, 2.75) is 46.0 Å². The summed E-state index contributed by atoms with van der Waals surface area (Å²) in [4.78, 5) is 0. The Morgan fingerprint density at radius 2 is 2.21 bits per heavy atom. The van der Waals surface area contributed by atoms with Crippen LogP contribution >= 0.6 is 0 Å². The molecule has 1 unspecified atom stereocenters. The molecule has 0 amide bonds. The molecular formula is C14H22. The molecule has 0 heterocycles. The topological polar surface area (TPSA) is 0 Å². The summed E-state index contributed by atoms with van der Waals surface area (Å²) in [5, 5.41) is 0. The van der Waals surface area contributed by atoms with Gasteiger partial charge in [0, 0.05) is 0 Å². The lowest BCUT2D eigenvalue weighted by atomic mass is 9.92. The van der Waals surface area contributed by atoms with Gasteiger partial charge in [0.05, 0.1) is 0 Å². The van der Waals surface area contributed by atoms with E-state index < -0.39 is 0 Å². The molecule has 0 aromatic rings. The molecule has 0 aromatic heterocycles. The van der Waals surface area contributed by atoms with Gasteiger partial charge in [0.25, 0.3) is 0 Å². The van der Waals surface area contributed by atoms with Crippen LogP contribution in [-0.4, -0.2) is 0 Å². The Morgan fingerprint density at radius 1 is 1.36 bits per heavy atom. The van der Waals surface area contributed by atoms with Crippen molar-refractivity contribution in [2.75, 3.05) is 0 Å². The fourth-order valence-corrected chi connectivity index (χ4v) is 1.80. The van der Waals surface area contributed by atoms with E-state index in [1.54, 1.807) is 0 Å². The average Bonchev–Trinajstić information content (AvgIpc) is 2.21. The van der Waals surface area contributed by atoms with E-state index in [1.165, 1.54) is 31.3 Å². The summed E-state index contributed by atoms with van der Waals surface area (Å²) in [6.45, 7) is 4.43. The van der Waals surface area contributed by atoms with E-state index >= 15 is 0 Å². The molecule has 0 bridgehead atoms. The van der Waals surface area contributed by atoms with Crippen molar-refractivity contribution in [1.29, 1.82) is 0 Å². The second-order valence-corrected chi connectivity index (χ2v) is 4.00. The second-order valence-electron chi connectivity index (χ2n) is 4.00. The summed E-state index contributed by atoms with van der Waals surface area (Å²) in [5.74, 6) is 0.749. The summed E-state index contributed by atoms with van der Waals surface area (Å²) in [5.41, 5.74) is 1.53. The van der Waals surface area contributed by atoms with E-state index in [-0.39, 0.29) is 0 Å². The smallest absolute Gasteiger partial charge is 0.0161 e. The van der Waals surface area contributed by atoms with Crippen LogP contribution < -0.4 is 0 Å². The molecule has 14 heavy (non-hydrogen) atoms. The first-order valence-corrected chi connectivity index (χ1v) is 5.89. The van der Waals surface area contributed by atoms with Crippen molar-refractivity contribution in [2.24, 2.45) is 5.92 Å². The largest absolute Gasteiger partial charge is 0.0888 e. The van der Waals surface area contributed by atoms with Gasteiger partial charge in [0.15, 0.2) is 0 Å². The van der Waals surface area contributed by atoms with Crippen LogP contribution in [0.3, 0.4) is 0 Å². The molecule has 1 atom stereocenters. The van der Waals surface area contributed by atoms with Gasteiger partial charge in [0.2, 0.25) is 0 Å². The van der Waals surface area contributed by atoms with Gasteiger partial charge >= 0.3 is 0 Å². The molecule has 0 radical (unpaired) electrons. The number of hydrogen-bond donors (Lipinski definition) is 0. The summed E-state index contributed by atoms with van der Waals surface area (Å²) in [6, 6.07) is 0. The summed E-state index contributed by atoms with van der Waals surface area (Å²) in [6.07, 6.45) is 17.8. The van der Waals surface area contributed by atoms with Crippen molar-refractivity contribution < 1.29 is 0 Å². The van der Waals surface area contributed by atoms with Crippen molar-refractivity contribution in [3.8, 4) is 0 Å². The highest BCUT2D eigenvalue weighted by Crippen LogP contribution is 2.22. The third-order valence-corrected chi connectivity index (χ3v) is 2.65. The highest BCUT2D eigenvalue weighted by molar-refractivity contribution is 5.23. The van der Waals surface area contributed by atoms with Gasteiger partial charge in [-0.2, -0.15) is 0 Å². The van der Waals surface area contributed by atoms with Crippen molar-refractivity contribution >= 4 is 0 Å². The summed E-state index contributed by atoms with van der Waals surface area (Å²) >= 11 is 0. The fraction of sp³-hybridized carbons (Fsp3) is 0.571. The monoisotopic (exact) mass is 190 g/mol. The van der Waals surface area contributed by atoms with E-state index in [1.807, 2.05) is 0 Å². The maximum atomic E-state index is 2.41. The Balaban J connectivity index is 2.29. The van der Waals surface area contributed by atoms with Crippen LogP contribution in [0.5, 0.6) is 0 Å². The molecule has 78 valence electrons. The van der Waals surface area contributed by atoms with Gasteiger partial charge < -0.3 is 0 Å². The van der Waals surface area contributed by atoms with E-state index in [2.05, 4.69) is 44.2 Å². The van der Waals surface area contributed by atoms with Gasteiger partial charge in [-0.15, -0.1) is 0 Å². The lowest BCUT2D eigenvalue weighted by Gasteiger charge is -2.13. The Kier molecular flexibility index (Phi) is 5.36. The maximum absolute atomic E-state index is 2.41. The zero-order valence-corrected chi connectivity index (χ0v) is 9.50. The lowest BCUT2D eigenvalue weighted by Crippen LogP contribution is -1.98. The molecule has 0 aliphatic heterocycles. The molecule has 1 rings (SSSR count). The van der Waals surface area contributed by atoms with E-state index in [0.29, 0.717) is 0 Å². The Hall–Kier alpha value is -0.780. The third kappa shape index (κ3) is 3.95. The van der Waals surface area contributed by atoms with Crippen LogP contribution in [0.2, 0.25) is 0 Å². The van der Waals surface area contributed by atoms with Gasteiger partial charge in [-0.25, -0.2) is 0 Å². The van der Waals surface area contributed by atoms with Gasteiger partial charge in [-0.3, -0.25) is 0 Å². The predicted octanol–water partition coefficient (Wildman–Crippen LogP) is 4.65.